The topological polar surface area (TPSA) is 62.8 Å². The fraction of sp³-hybridized carbons (Fsp3) is 0.552. The second-order valence-electron chi connectivity index (χ2n) is 11.0. The number of carbonyl (C=O) groups is 1. The molecule has 1 fully saturated rings. The maximum atomic E-state index is 13.0. The number of rotatable bonds is 8. The summed E-state index contributed by atoms with van der Waals surface area (Å²) in [5.74, 6) is 0.972. The van der Waals surface area contributed by atoms with Crippen molar-refractivity contribution >= 4 is 35.7 Å². The molecular weight excluding hydrogens is 449 g/mol. The largest absolute Gasteiger partial charge is 0.493 e. The van der Waals surface area contributed by atoms with Gasteiger partial charge in [0, 0.05) is 37.4 Å². The van der Waals surface area contributed by atoms with E-state index in [1.165, 1.54) is 0 Å². The van der Waals surface area contributed by atoms with Gasteiger partial charge in [0.2, 0.25) is 0 Å². The third-order valence-electron chi connectivity index (χ3n) is 5.61. The van der Waals surface area contributed by atoms with Crippen LogP contribution >= 0.6 is 0 Å². The zero-order valence-electron chi connectivity index (χ0n) is 23.8. The van der Waals surface area contributed by atoms with E-state index in [1.807, 2.05) is 51.1 Å². The fourth-order valence-electron chi connectivity index (χ4n) is 4.04. The quantitative estimate of drug-likeness (QED) is 0.408. The molecule has 2 N–H and O–H groups in total. The lowest BCUT2D eigenvalue weighted by Gasteiger charge is -2.34. The first kappa shape index (κ1) is 29.7. The van der Waals surface area contributed by atoms with Crippen LogP contribution in [0, 0.1) is 24.2 Å². The molecule has 0 aliphatic carbocycles. The molecule has 0 unspecified atom stereocenters. The molecule has 3 rings (SSSR count). The van der Waals surface area contributed by atoms with E-state index in [2.05, 4.69) is 69.2 Å². The first-order valence-corrected chi connectivity index (χ1v) is 13.3. The summed E-state index contributed by atoms with van der Waals surface area (Å²) in [6.07, 6.45) is 0. The maximum absolute atomic E-state index is 13.0. The minimum atomic E-state index is -0.438. The van der Waals surface area contributed by atoms with Crippen LogP contribution in [0.5, 0.6) is 0 Å². The third-order valence-corrected chi connectivity index (χ3v) is 5.61. The van der Waals surface area contributed by atoms with Gasteiger partial charge in [0.1, 0.15) is 0 Å². The normalized spacial score (nSPS) is 14.8. The Balaban J connectivity index is 0.00000222. The second-order valence-corrected chi connectivity index (χ2v) is 11.0. The molecule has 1 heterocycles. The van der Waals surface area contributed by atoms with Gasteiger partial charge >= 0.3 is 13.1 Å². The van der Waals surface area contributed by atoms with Crippen LogP contribution in [-0.2, 0) is 9.31 Å². The lowest BCUT2D eigenvalue weighted by molar-refractivity contribution is 0.0343. The Morgan fingerprint density at radius 1 is 0.944 bits per heavy atom. The number of nitrogens with one attached hydrogen (secondary N) is 2. The molecule has 7 heteroatoms. The van der Waals surface area contributed by atoms with E-state index >= 15 is 0 Å². The van der Waals surface area contributed by atoms with E-state index in [0.29, 0.717) is 25.0 Å². The van der Waals surface area contributed by atoms with E-state index < -0.39 is 7.12 Å². The van der Waals surface area contributed by atoms with Crippen molar-refractivity contribution in [3.63, 3.8) is 0 Å². The van der Waals surface area contributed by atoms with E-state index in [9.17, 15) is 4.79 Å². The van der Waals surface area contributed by atoms with Gasteiger partial charge in [-0.25, -0.2) is 4.79 Å². The molecule has 0 radical (unpaired) electrons. The van der Waals surface area contributed by atoms with Crippen LogP contribution in [0.15, 0.2) is 42.5 Å². The summed E-state index contributed by atoms with van der Waals surface area (Å²) in [6.45, 7) is 22.2. The molecule has 1 aliphatic rings. The van der Waals surface area contributed by atoms with E-state index in [4.69, 9.17) is 9.31 Å². The van der Waals surface area contributed by atoms with Crippen LogP contribution in [0.25, 0.3) is 0 Å². The number of carbonyl (C=O) groups excluding carboxylic acids is 1. The minimum Gasteiger partial charge on any atom is -0.407 e. The van der Waals surface area contributed by atoms with Crippen LogP contribution in [0.3, 0.4) is 0 Å². The molecule has 0 atom stereocenters. The van der Waals surface area contributed by atoms with Gasteiger partial charge < -0.3 is 24.8 Å². The number of urea groups is 1. The van der Waals surface area contributed by atoms with Crippen LogP contribution in [0.4, 0.5) is 21.9 Å². The smallest absolute Gasteiger partial charge is 0.407 e. The predicted molar refractivity (Wildman–Crippen MR) is 155 cm³/mol. The highest BCUT2D eigenvalue weighted by atomic mass is 16.6. The lowest BCUT2D eigenvalue weighted by atomic mass is 9.75. The van der Waals surface area contributed by atoms with Crippen molar-refractivity contribution in [2.75, 3.05) is 41.8 Å². The Morgan fingerprint density at radius 3 is 2.03 bits per heavy atom. The van der Waals surface area contributed by atoms with Crippen LogP contribution in [0.2, 0.25) is 0 Å². The Morgan fingerprint density at radius 2 is 1.50 bits per heavy atom. The third kappa shape index (κ3) is 9.18. The van der Waals surface area contributed by atoms with Crippen molar-refractivity contribution in [2.45, 2.75) is 62.3 Å². The molecule has 36 heavy (non-hydrogen) atoms. The van der Waals surface area contributed by atoms with Gasteiger partial charge in [0.15, 0.2) is 0 Å². The highest BCUT2D eigenvalue weighted by molar-refractivity contribution is 6.61. The molecular formula is C29H46BN3O3. The summed E-state index contributed by atoms with van der Waals surface area (Å²) < 4.78 is 12.0. The summed E-state index contributed by atoms with van der Waals surface area (Å²) in [6, 6.07) is 13.6. The Kier molecular flexibility index (Phi) is 11.3. The van der Waals surface area contributed by atoms with Gasteiger partial charge in [-0.1, -0.05) is 79.2 Å². The van der Waals surface area contributed by atoms with Gasteiger partial charge in [0.25, 0.3) is 0 Å². The first-order chi connectivity index (χ1) is 17.0. The van der Waals surface area contributed by atoms with Gasteiger partial charge in [-0.15, -0.1) is 0 Å². The Bertz CT molecular complexity index is 941. The van der Waals surface area contributed by atoms with E-state index in [-0.39, 0.29) is 11.4 Å². The summed E-state index contributed by atoms with van der Waals surface area (Å²) in [7, 11) is -0.438. The van der Waals surface area contributed by atoms with Crippen molar-refractivity contribution in [1.29, 1.82) is 0 Å². The van der Waals surface area contributed by atoms with E-state index in [1.54, 1.807) is 0 Å². The Hall–Kier alpha value is -2.51. The summed E-state index contributed by atoms with van der Waals surface area (Å²) in [5.41, 5.74) is 4.55. The molecule has 2 amide bonds. The SMILES string of the molecule is CC.Cc1ccc(NC(=O)Nc2cc(B3OCC(C)(C)CO3)ccc2N(CC(C)C)CC(C)C)cc1. The monoisotopic (exact) mass is 495 g/mol. The molecule has 1 saturated heterocycles. The number of aryl methyl sites for hydroxylation is 1. The highest BCUT2D eigenvalue weighted by Gasteiger charge is 2.34. The van der Waals surface area contributed by atoms with Crippen molar-refractivity contribution < 1.29 is 14.1 Å². The molecule has 2 aromatic rings. The fourth-order valence-corrected chi connectivity index (χ4v) is 4.04. The van der Waals surface area contributed by atoms with Gasteiger partial charge in [0.05, 0.1) is 11.4 Å². The highest BCUT2D eigenvalue weighted by Crippen LogP contribution is 2.28. The van der Waals surface area contributed by atoms with Crippen molar-refractivity contribution in [3.8, 4) is 0 Å². The average Bonchev–Trinajstić information content (AvgIpc) is 2.81. The maximum Gasteiger partial charge on any atom is 0.493 e. The van der Waals surface area contributed by atoms with Crippen molar-refractivity contribution in [1.82, 2.24) is 0 Å². The van der Waals surface area contributed by atoms with E-state index in [0.717, 1.165) is 41.2 Å². The first-order valence-electron chi connectivity index (χ1n) is 13.3. The predicted octanol–water partition coefficient (Wildman–Crippen LogP) is 6.55. The molecule has 0 spiro atoms. The van der Waals surface area contributed by atoms with Crippen LogP contribution in [0.1, 0.15) is 61.0 Å². The summed E-state index contributed by atoms with van der Waals surface area (Å²) in [5, 5.41) is 6.04. The second kappa shape index (κ2) is 13.7. The van der Waals surface area contributed by atoms with Crippen molar-refractivity contribution in [2.24, 2.45) is 17.3 Å². The average molecular weight is 496 g/mol. The molecule has 1 aliphatic heterocycles. The van der Waals surface area contributed by atoms with Crippen LogP contribution < -0.4 is 21.0 Å². The van der Waals surface area contributed by atoms with Crippen LogP contribution in [-0.4, -0.2) is 39.5 Å². The number of hydrogen-bond donors (Lipinski definition) is 2. The molecule has 0 bridgehead atoms. The standard InChI is InChI=1S/C27H40BN3O3.C2H6/c1-19(2)15-31(16-20(3)4)25-13-10-22(28-33-17-27(6,7)18-34-28)14-24(25)30-26(32)29-23-11-8-21(5)9-12-23;1-2/h8-14,19-20H,15-18H2,1-7H3,(H2,29,30,32);1-2H3. The zero-order chi connectivity index (χ0) is 26.9. The molecule has 0 saturated carbocycles. The zero-order valence-corrected chi connectivity index (χ0v) is 23.8. The van der Waals surface area contributed by atoms with Crippen molar-refractivity contribution in [3.05, 3.63) is 48.0 Å². The molecule has 0 aromatic heterocycles. The number of amides is 2. The molecule has 6 nitrogen and oxygen atoms in total. The minimum absolute atomic E-state index is 0.00320. The van der Waals surface area contributed by atoms with Gasteiger partial charge in [-0.3, -0.25) is 0 Å². The number of benzene rings is 2. The Labute approximate surface area is 219 Å². The van der Waals surface area contributed by atoms with Gasteiger partial charge in [-0.2, -0.15) is 0 Å². The number of anilines is 3. The number of hydrogen-bond acceptors (Lipinski definition) is 4. The van der Waals surface area contributed by atoms with Gasteiger partial charge in [-0.05, 0) is 48.5 Å². The lowest BCUT2D eigenvalue weighted by Crippen LogP contribution is -2.47. The summed E-state index contributed by atoms with van der Waals surface area (Å²) >= 11 is 0. The summed E-state index contributed by atoms with van der Waals surface area (Å²) in [4.78, 5) is 15.3. The molecule has 198 valence electrons. The number of nitrogens with zero attached hydrogens (tertiary/aromatic N) is 1. The molecule has 2 aromatic carbocycles.